The lowest BCUT2D eigenvalue weighted by molar-refractivity contribution is -0.119. The Bertz CT molecular complexity index is 227. The SMILES string of the molecule is CC1CCC(C=O)(CN(C)C2CC2)CC1. The van der Waals surface area contributed by atoms with Crippen LogP contribution in [0.25, 0.3) is 0 Å². The molecule has 0 aromatic rings. The molecule has 0 heterocycles. The van der Waals surface area contributed by atoms with Crippen LogP contribution in [0.2, 0.25) is 0 Å². The molecule has 0 unspecified atom stereocenters. The smallest absolute Gasteiger partial charge is 0.127 e. The molecule has 0 atom stereocenters. The third-order valence-corrected chi connectivity index (χ3v) is 4.25. The molecule has 0 N–H and O–H groups in total. The molecule has 2 fully saturated rings. The van der Waals surface area contributed by atoms with E-state index in [1.54, 1.807) is 0 Å². The van der Waals surface area contributed by atoms with Gasteiger partial charge in [-0.15, -0.1) is 0 Å². The highest BCUT2D eigenvalue weighted by atomic mass is 16.1. The van der Waals surface area contributed by atoms with E-state index in [0.717, 1.165) is 31.3 Å². The predicted molar refractivity (Wildman–Crippen MR) is 61.8 cm³/mol. The quantitative estimate of drug-likeness (QED) is 0.663. The van der Waals surface area contributed by atoms with E-state index in [0.29, 0.717) is 0 Å². The van der Waals surface area contributed by atoms with Crippen LogP contribution in [-0.2, 0) is 4.79 Å². The lowest BCUT2D eigenvalue weighted by Crippen LogP contribution is -2.40. The van der Waals surface area contributed by atoms with Crippen molar-refractivity contribution in [3.63, 3.8) is 0 Å². The number of carbonyl (C=O) groups is 1. The number of carbonyl (C=O) groups excluding carboxylic acids is 1. The molecule has 2 aliphatic rings. The lowest BCUT2D eigenvalue weighted by Gasteiger charge is -2.37. The standard InChI is InChI=1S/C13H23NO/c1-11-5-7-13(10-15,8-6-11)9-14(2)12-3-4-12/h10-12H,3-9H2,1-2H3. The topological polar surface area (TPSA) is 20.3 Å². The Balaban J connectivity index is 1.92. The zero-order chi connectivity index (χ0) is 10.9. The summed E-state index contributed by atoms with van der Waals surface area (Å²) >= 11 is 0. The van der Waals surface area contributed by atoms with E-state index in [-0.39, 0.29) is 5.41 Å². The molecule has 2 saturated carbocycles. The molecular weight excluding hydrogens is 186 g/mol. The van der Waals surface area contributed by atoms with Crippen molar-refractivity contribution in [2.75, 3.05) is 13.6 Å². The van der Waals surface area contributed by atoms with Gasteiger partial charge in [0.1, 0.15) is 6.29 Å². The summed E-state index contributed by atoms with van der Waals surface area (Å²) in [5, 5.41) is 0. The summed E-state index contributed by atoms with van der Waals surface area (Å²) in [6, 6.07) is 0.779. The highest BCUT2D eigenvalue weighted by Crippen LogP contribution is 2.39. The highest BCUT2D eigenvalue weighted by molar-refractivity contribution is 5.60. The third kappa shape index (κ3) is 2.60. The molecule has 86 valence electrons. The summed E-state index contributed by atoms with van der Waals surface area (Å²) in [5.41, 5.74) is -0.0101. The molecule has 2 rings (SSSR count). The van der Waals surface area contributed by atoms with Crippen LogP contribution < -0.4 is 0 Å². The molecule has 0 amide bonds. The lowest BCUT2D eigenvalue weighted by atomic mass is 9.71. The summed E-state index contributed by atoms with van der Waals surface area (Å²) in [4.78, 5) is 13.7. The van der Waals surface area contributed by atoms with Gasteiger partial charge in [-0.3, -0.25) is 0 Å². The Kier molecular flexibility index (Phi) is 3.15. The van der Waals surface area contributed by atoms with Crippen LogP contribution in [0, 0.1) is 11.3 Å². The van der Waals surface area contributed by atoms with Gasteiger partial charge in [0.15, 0.2) is 0 Å². The third-order valence-electron chi connectivity index (χ3n) is 4.25. The van der Waals surface area contributed by atoms with Gasteiger partial charge in [0.05, 0.1) is 0 Å². The van der Waals surface area contributed by atoms with Crippen LogP contribution in [0.1, 0.15) is 45.4 Å². The zero-order valence-electron chi connectivity index (χ0n) is 10.0. The summed E-state index contributed by atoms with van der Waals surface area (Å²) in [6.07, 6.45) is 8.60. The van der Waals surface area contributed by atoms with E-state index in [9.17, 15) is 4.79 Å². The molecule has 0 radical (unpaired) electrons. The first-order chi connectivity index (χ1) is 7.15. The second kappa shape index (κ2) is 4.25. The second-order valence-corrected chi connectivity index (χ2v) is 5.81. The highest BCUT2D eigenvalue weighted by Gasteiger charge is 2.38. The van der Waals surface area contributed by atoms with Crippen molar-refractivity contribution in [1.29, 1.82) is 0 Å². The van der Waals surface area contributed by atoms with Crippen molar-refractivity contribution in [3.05, 3.63) is 0 Å². The van der Waals surface area contributed by atoms with Crippen molar-refractivity contribution < 1.29 is 4.79 Å². The Morgan fingerprint density at radius 3 is 2.33 bits per heavy atom. The fourth-order valence-corrected chi connectivity index (χ4v) is 2.79. The monoisotopic (exact) mass is 209 g/mol. The molecule has 15 heavy (non-hydrogen) atoms. The average molecular weight is 209 g/mol. The van der Waals surface area contributed by atoms with Crippen LogP contribution in [0.15, 0.2) is 0 Å². The zero-order valence-corrected chi connectivity index (χ0v) is 10.0. The number of aldehydes is 1. The first-order valence-electron chi connectivity index (χ1n) is 6.32. The van der Waals surface area contributed by atoms with Crippen molar-refractivity contribution >= 4 is 6.29 Å². The Morgan fingerprint density at radius 1 is 1.27 bits per heavy atom. The summed E-state index contributed by atoms with van der Waals surface area (Å²) in [7, 11) is 2.18. The van der Waals surface area contributed by atoms with E-state index in [1.165, 1.54) is 32.0 Å². The van der Waals surface area contributed by atoms with Gasteiger partial charge in [0.25, 0.3) is 0 Å². The number of hydrogen-bond donors (Lipinski definition) is 0. The minimum Gasteiger partial charge on any atom is -0.303 e. The van der Waals surface area contributed by atoms with Crippen LogP contribution in [0.5, 0.6) is 0 Å². The van der Waals surface area contributed by atoms with Gasteiger partial charge in [0.2, 0.25) is 0 Å². The van der Waals surface area contributed by atoms with Gasteiger partial charge < -0.3 is 9.69 Å². The van der Waals surface area contributed by atoms with Crippen LogP contribution in [-0.4, -0.2) is 30.8 Å². The van der Waals surface area contributed by atoms with E-state index in [2.05, 4.69) is 18.9 Å². The van der Waals surface area contributed by atoms with Gasteiger partial charge in [-0.05, 0) is 51.5 Å². The van der Waals surface area contributed by atoms with Crippen LogP contribution in [0.4, 0.5) is 0 Å². The van der Waals surface area contributed by atoms with E-state index >= 15 is 0 Å². The number of hydrogen-bond acceptors (Lipinski definition) is 2. The van der Waals surface area contributed by atoms with Crippen molar-refractivity contribution in [2.24, 2.45) is 11.3 Å². The normalized spacial score (nSPS) is 36.9. The molecule has 2 heteroatoms. The molecule has 0 aromatic carbocycles. The fourth-order valence-electron chi connectivity index (χ4n) is 2.79. The Hall–Kier alpha value is -0.370. The molecule has 0 saturated heterocycles. The predicted octanol–water partition coefficient (Wildman–Crippen LogP) is 2.48. The maximum absolute atomic E-state index is 11.3. The largest absolute Gasteiger partial charge is 0.303 e. The van der Waals surface area contributed by atoms with E-state index < -0.39 is 0 Å². The van der Waals surface area contributed by atoms with Gasteiger partial charge in [-0.1, -0.05) is 6.92 Å². The molecule has 0 aliphatic heterocycles. The number of rotatable bonds is 4. The minimum atomic E-state index is -0.0101. The summed E-state index contributed by atoms with van der Waals surface area (Å²) in [5.74, 6) is 0.823. The van der Waals surface area contributed by atoms with Gasteiger partial charge in [-0.25, -0.2) is 0 Å². The second-order valence-electron chi connectivity index (χ2n) is 5.81. The molecule has 2 nitrogen and oxygen atoms in total. The van der Waals surface area contributed by atoms with Gasteiger partial charge >= 0.3 is 0 Å². The van der Waals surface area contributed by atoms with Gasteiger partial charge in [-0.2, -0.15) is 0 Å². The van der Waals surface area contributed by atoms with Crippen LogP contribution >= 0.6 is 0 Å². The summed E-state index contributed by atoms with van der Waals surface area (Å²) < 4.78 is 0. The first kappa shape index (κ1) is 11.1. The van der Waals surface area contributed by atoms with Crippen molar-refractivity contribution in [1.82, 2.24) is 4.90 Å². The Labute approximate surface area is 93.0 Å². The first-order valence-corrected chi connectivity index (χ1v) is 6.32. The fraction of sp³-hybridized carbons (Fsp3) is 0.923. The molecule has 0 bridgehead atoms. The maximum Gasteiger partial charge on any atom is 0.127 e. The minimum absolute atomic E-state index is 0.0101. The van der Waals surface area contributed by atoms with Crippen molar-refractivity contribution in [3.8, 4) is 0 Å². The van der Waals surface area contributed by atoms with Crippen molar-refractivity contribution in [2.45, 2.75) is 51.5 Å². The Morgan fingerprint density at radius 2 is 1.87 bits per heavy atom. The molecule has 0 aromatic heterocycles. The summed E-state index contributed by atoms with van der Waals surface area (Å²) in [6.45, 7) is 3.30. The maximum atomic E-state index is 11.3. The van der Waals surface area contributed by atoms with Crippen LogP contribution in [0.3, 0.4) is 0 Å². The van der Waals surface area contributed by atoms with E-state index in [1.807, 2.05) is 0 Å². The van der Waals surface area contributed by atoms with Gasteiger partial charge in [0, 0.05) is 18.0 Å². The molecular formula is C13H23NO. The number of nitrogens with zero attached hydrogens (tertiary/aromatic N) is 1. The average Bonchev–Trinajstić information content (AvgIpc) is 3.05. The molecule has 0 spiro atoms. The molecule has 2 aliphatic carbocycles. The van der Waals surface area contributed by atoms with E-state index in [4.69, 9.17) is 0 Å².